The van der Waals surface area contributed by atoms with Crippen LogP contribution in [0.4, 0.5) is 0 Å². The van der Waals surface area contributed by atoms with Gasteiger partial charge in [0.25, 0.3) is 0 Å². The summed E-state index contributed by atoms with van der Waals surface area (Å²) in [5.41, 5.74) is 1.81. The summed E-state index contributed by atoms with van der Waals surface area (Å²) in [5.74, 6) is -0.394. The Morgan fingerprint density at radius 1 is 1.05 bits per heavy atom. The summed E-state index contributed by atoms with van der Waals surface area (Å²) in [6.45, 7) is 1.71. The van der Waals surface area contributed by atoms with Crippen LogP contribution in [0.3, 0.4) is 0 Å². The number of hydrogen-bond donors (Lipinski definition) is 0. The molecule has 2 rings (SSSR count). The molecule has 0 spiro atoms. The van der Waals surface area contributed by atoms with E-state index < -0.39 is 12.1 Å². The molecular formula is C17H16O3S. The number of esters is 1. The molecule has 2 aromatic rings. The van der Waals surface area contributed by atoms with Gasteiger partial charge in [-0.1, -0.05) is 60.7 Å². The number of benzene rings is 2. The fraction of sp³-hybridized carbons (Fsp3) is 0.176. The van der Waals surface area contributed by atoms with Gasteiger partial charge in [0.2, 0.25) is 5.05 Å². The summed E-state index contributed by atoms with van der Waals surface area (Å²) in [6, 6.07) is 19.0. The van der Waals surface area contributed by atoms with Gasteiger partial charge in [-0.15, -0.1) is 0 Å². The number of thiocarbonyl (C=S) groups is 1. The van der Waals surface area contributed by atoms with Crippen LogP contribution >= 0.6 is 12.2 Å². The maximum Gasteiger partial charge on any atom is 0.303 e. The van der Waals surface area contributed by atoms with Crippen LogP contribution in [0.5, 0.6) is 0 Å². The molecule has 0 saturated carbocycles. The SMILES string of the molecule is CC(=O)O[C@@H](C(=S)OCc1ccccc1)c1ccccc1. The van der Waals surface area contributed by atoms with Gasteiger partial charge in [-0.05, 0) is 17.8 Å². The number of rotatable bonds is 5. The molecule has 0 bridgehead atoms. The summed E-state index contributed by atoms with van der Waals surface area (Å²) < 4.78 is 10.9. The molecule has 3 nitrogen and oxygen atoms in total. The summed E-state index contributed by atoms with van der Waals surface area (Å²) in [7, 11) is 0. The van der Waals surface area contributed by atoms with Gasteiger partial charge < -0.3 is 9.47 Å². The van der Waals surface area contributed by atoms with Gasteiger partial charge in [-0.25, -0.2) is 0 Å². The highest BCUT2D eigenvalue weighted by Crippen LogP contribution is 2.21. The summed E-state index contributed by atoms with van der Waals surface area (Å²) in [5, 5.41) is 0.250. The van der Waals surface area contributed by atoms with Crippen molar-refractivity contribution in [2.75, 3.05) is 0 Å². The first-order valence-corrected chi connectivity index (χ1v) is 7.00. The van der Waals surface area contributed by atoms with E-state index in [1.54, 1.807) is 0 Å². The maximum atomic E-state index is 11.3. The van der Waals surface area contributed by atoms with E-state index in [0.717, 1.165) is 11.1 Å². The number of carbonyl (C=O) groups excluding carboxylic acids is 1. The molecule has 0 amide bonds. The Labute approximate surface area is 129 Å². The predicted octanol–water partition coefficient (Wildman–Crippen LogP) is 3.84. The Kier molecular flexibility index (Phi) is 5.46. The second kappa shape index (κ2) is 7.55. The zero-order chi connectivity index (χ0) is 15.1. The van der Waals surface area contributed by atoms with E-state index >= 15 is 0 Å². The van der Waals surface area contributed by atoms with E-state index in [4.69, 9.17) is 21.7 Å². The van der Waals surface area contributed by atoms with Crippen LogP contribution in [0.1, 0.15) is 24.2 Å². The molecule has 0 aromatic heterocycles. The van der Waals surface area contributed by atoms with Gasteiger partial charge in [-0.2, -0.15) is 0 Å². The Balaban J connectivity index is 2.06. The second-order valence-electron chi connectivity index (χ2n) is 4.49. The van der Waals surface area contributed by atoms with E-state index in [2.05, 4.69) is 0 Å². The predicted molar refractivity (Wildman–Crippen MR) is 84.8 cm³/mol. The van der Waals surface area contributed by atoms with Crippen LogP contribution in [0, 0.1) is 0 Å². The lowest BCUT2D eigenvalue weighted by molar-refractivity contribution is -0.144. The first-order valence-electron chi connectivity index (χ1n) is 6.59. The van der Waals surface area contributed by atoms with Gasteiger partial charge in [0, 0.05) is 12.5 Å². The first kappa shape index (κ1) is 15.2. The summed E-state index contributed by atoms with van der Waals surface area (Å²) in [6.07, 6.45) is -0.664. The average molecular weight is 300 g/mol. The molecule has 0 saturated heterocycles. The lowest BCUT2D eigenvalue weighted by atomic mass is 10.1. The molecule has 0 aliphatic rings. The van der Waals surface area contributed by atoms with Gasteiger partial charge >= 0.3 is 5.97 Å². The highest BCUT2D eigenvalue weighted by molar-refractivity contribution is 7.80. The third kappa shape index (κ3) is 4.68. The lowest BCUT2D eigenvalue weighted by Crippen LogP contribution is -2.19. The van der Waals surface area contributed by atoms with E-state index in [9.17, 15) is 4.79 Å². The highest BCUT2D eigenvalue weighted by Gasteiger charge is 2.21. The second-order valence-corrected chi connectivity index (χ2v) is 4.90. The van der Waals surface area contributed by atoms with E-state index in [1.165, 1.54) is 6.92 Å². The Morgan fingerprint density at radius 2 is 1.62 bits per heavy atom. The highest BCUT2D eigenvalue weighted by atomic mass is 32.1. The maximum absolute atomic E-state index is 11.3. The zero-order valence-electron chi connectivity index (χ0n) is 11.7. The molecule has 2 aromatic carbocycles. The van der Waals surface area contributed by atoms with Gasteiger partial charge in [0.15, 0.2) is 6.10 Å². The van der Waals surface area contributed by atoms with Crippen LogP contribution in [-0.4, -0.2) is 11.0 Å². The fourth-order valence-corrected chi connectivity index (χ4v) is 2.09. The summed E-state index contributed by atoms with van der Waals surface area (Å²) >= 11 is 5.28. The van der Waals surface area contributed by atoms with Crippen molar-refractivity contribution in [2.45, 2.75) is 19.6 Å². The Hall–Kier alpha value is -2.20. The molecule has 0 aliphatic carbocycles. The number of carbonyl (C=O) groups is 1. The van der Waals surface area contributed by atoms with Crippen molar-refractivity contribution < 1.29 is 14.3 Å². The van der Waals surface area contributed by atoms with Crippen molar-refractivity contribution in [1.29, 1.82) is 0 Å². The minimum absolute atomic E-state index is 0.250. The molecule has 0 fully saturated rings. The minimum Gasteiger partial charge on any atom is -0.479 e. The molecule has 0 aliphatic heterocycles. The molecular weight excluding hydrogens is 284 g/mol. The summed E-state index contributed by atoms with van der Waals surface area (Å²) in [4.78, 5) is 11.3. The topological polar surface area (TPSA) is 35.5 Å². The quantitative estimate of drug-likeness (QED) is 0.621. The van der Waals surface area contributed by atoms with Crippen molar-refractivity contribution in [2.24, 2.45) is 0 Å². The third-order valence-corrected chi connectivity index (χ3v) is 3.16. The minimum atomic E-state index is -0.664. The normalized spacial score (nSPS) is 11.5. The van der Waals surface area contributed by atoms with Crippen LogP contribution in [-0.2, 0) is 20.9 Å². The van der Waals surface area contributed by atoms with Crippen LogP contribution in [0.15, 0.2) is 60.7 Å². The van der Waals surface area contributed by atoms with Crippen molar-refractivity contribution >= 4 is 23.2 Å². The van der Waals surface area contributed by atoms with Gasteiger partial charge in [-0.3, -0.25) is 4.79 Å². The molecule has 0 N–H and O–H groups in total. The standard InChI is InChI=1S/C17H16O3S/c1-13(18)20-16(15-10-6-3-7-11-15)17(21)19-12-14-8-4-2-5-9-14/h2-11,16H,12H2,1H3/t16-/m1/s1. The van der Waals surface area contributed by atoms with Crippen LogP contribution < -0.4 is 0 Å². The molecule has 0 heterocycles. The molecule has 108 valence electrons. The fourth-order valence-electron chi connectivity index (χ4n) is 1.85. The van der Waals surface area contributed by atoms with E-state index in [-0.39, 0.29) is 5.05 Å². The van der Waals surface area contributed by atoms with Crippen LogP contribution in [0.2, 0.25) is 0 Å². The monoisotopic (exact) mass is 300 g/mol. The largest absolute Gasteiger partial charge is 0.479 e. The molecule has 0 radical (unpaired) electrons. The van der Waals surface area contributed by atoms with Gasteiger partial charge in [0.05, 0.1) is 0 Å². The average Bonchev–Trinajstić information content (AvgIpc) is 2.52. The molecule has 0 unspecified atom stereocenters. The Bertz CT molecular complexity index is 596. The molecule has 21 heavy (non-hydrogen) atoms. The van der Waals surface area contributed by atoms with E-state index in [0.29, 0.717) is 6.61 Å². The van der Waals surface area contributed by atoms with Gasteiger partial charge in [0.1, 0.15) is 6.61 Å². The third-order valence-electron chi connectivity index (χ3n) is 2.82. The van der Waals surface area contributed by atoms with Crippen molar-refractivity contribution in [3.05, 3.63) is 71.8 Å². The van der Waals surface area contributed by atoms with E-state index in [1.807, 2.05) is 60.7 Å². The number of ether oxygens (including phenoxy) is 2. The Morgan fingerprint density at radius 3 is 2.19 bits per heavy atom. The van der Waals surface area contributed by atoms with Crippen molar-refractivity contribution in [3.8, 4) is 0 Å². The molecule has 4 heteroatoms. The van der Waals surface area contributed by atoms with Crippen LogP contribution in [0.25, 0.3) is 0 Å². The number of hydrogen-bond acceptors (Lipinski definition) is 4. The lowest BCUT2D eigenvalue weighted by Gasteiger charge is -2.19. The zero-order valence-corrected chi connectivity index (χ0v) is 12.5. The van der Waals surface area contributed by atoms with Crippen molar-refractivity contribution in [3.63, 3.8) is 0 Å². The molecule has 1 atom stereocenters. The first-order chi connectivity index (χ1) is 10.2. The van der Waals surface area contributed by atoms with Crippen molar-refractivity contribution in [1.82, 2.24) is 0 Å². The smallest absolute Gasteiger partial charge is 0.303 e.